The van der Waals surface area contributed by atoms with Crippen LogP contribution < -0.4 is 4.74 Å². The Balaban J connectivity index is 3.00. The lowest BCUT2D eigenvalue weighted by Gasteiger charge is -2.03. The van der Waals surface area contributed by atoms with Crippen molar-refractivity contribution in [2.24, 2.45) is 0 Å². The largest absolute Gasteiger partial charge is 0.428 e. The third-order valence-electron chi connectivity index (χ3n) is 2.05. The number of allylic oxidation sites excluding steroid dienone is 1. The van der Waals surface area contributed by atoms with E-state index >= 15 is 0 Å². The van der Waals surface area contributed by atoms with E-state index < -0.39 is 0 Å². The highest BCUT2D eigenvalue weighted by Crippen LogP contribution is 2.20. The zero-order chi connectivity index (χ0) is 10.4. The number of benzene rings is 1. The average Bonchev–Trinajstić information content (AvgIpc) is 2.21. The SMILES string of the molecule is CC/C(C)=C/c1ccccc1OC=O. The molecule has 0 saturated carbocycles. The molecule has 0 aliphatic rings. The maximum Gasteiger partial charge on any atom is 0.298 e. The van der Waals surface area contributed by atoms with Crippen molar-refractivity contribution in [2.45, 2.75) is 20.3 Å². The van der Waals surface area contributed by atoms with E-state index in [0.29, 0.717) is 12.2 Å². The summed E-state index contributed by atoms with van der Waals surface area (Å²) < 4.78 is 4.86. The molecule has 0 bridgehead atoms. The van der Waals surface area contributed by atoms with Gasteiger partial charge in [-0.1, -0.05) is 36.8 Å². The third-order valence-corrected chi connectivity index (χ3v) is 2.05. The Bertz CT molecular complexity index is 340. The summed E-state index contributed by atoms with van der Waals surface area (Å²) in [7, 11) is 0. The molecular formula is C12H14O2. The van der Waals surface area contributed by atoms with Crippen LogP contribution in [0, 0.1) is 0 Å². The molecule has 1 aromatic rings. The van der Waals surface area contributed by atoms with Crippen LogP contribution in [0.3, 0.4) is 0 Å². The highest BCUT2D eigenvalue weighted by Gasteiger charge is 1.99. The maximum atomic E-state index is 10.2. The normalized spacial score (nSPS) is 11.1. The molecule has 2 heteroatoms. The van der Waals surface area contributed by atoms with Crippen molar-refractivity contribution in [2.75, 3.05) is 0 Å². The molecule has 0 atom stereocenters. The van der Waals surface area contributed by atoms with Gasteiger partial charge in [-0.05, 0) is 19.4 Å². The number of rotatable bonds is 4. The second kappa shape index (κ2) is 5.22. The van der Waals surface area contributed by atoms with E-state index in [4.69, 9.17) is 4.74 Å². The first-order chi connectivity index (χ1) is 6.77. The summed E-state index contributed by atoms with van der Waals surface area (Å²) in [6.07, 6.45) is 3.02. The van der Waals surface area contributed by atoms with Crippen molar-refractivity contribution >= 4 is 12.5 Å². The predicted octanol–water partition coefficient (Wildman–Crippen LogP) is 3.04. The summed E-state index contributed by atoms with van der Waals surface area (Å²) in [4.78, 5) is 10.2. The Morgan fingerprint density at radius 2 is 2.14 bits per heavy atom. The minimum absolute atomic E-state index is 0.452. The smallest absolute Gasteiger partial charge is 0.298 e. The van der Waals surface area contributed by atoms with E-state index in [-0.39, 0.29) is 0 Å². The minimum Gasteiger partial charge on any atom is -0.428 e. The minimum atomic E-state index is 0.452. The number of hydrogen-bond donors (Lipinski definition) is 0. The zero-order valence-electron chi connectivity index (χ0n) is 8.49. The summed E-state index contributed by atoms with van der Waals surface area (Å²) in [6, 6.07) is 7.48. The lowest BCUT2D eigenvalue weighted by atomic mass is 10.1. The molecule has 1 rings (SSSR count). The van der Waals surface area contributed by atoms with Crippen LogP contribution in [0.4, 0.5) is 0 Å². The summed E-state index contributed by atoms with van der Waals surface area (Å²) in [5, 5.41) is 0. The van der Waals surface area contributed by atoms with E-state index in [9.17, 15) is 4.79 Å². The first-order valence-corrected chi connectivity index (χ1v) is 4.64. The Hall–Kier alpha value is -1.57. The van der Waals surface area contributed by atoms with Gasteiger partial charge >= 0.3 is 0 Å². The van der Waals surface area contributed by atoms with Gasteiger partial charge in [-0.3, -0.25) is 4.79 Å². The van der Waals surface area contributed by atoms with Gasteiger partial charge in [0.2, 0.25) is 0 Å². The van der Waals surface area contributed by atoms with Crippen LogP contribution in [0.2, 0.25) is 0 Å². The lowest BCUT2D eigenvalue weighted by Crippen LogP contribution is -1.91. The highest BCUT2D eigenvalue weighted by atomic mass is 16.5. The first-order valence-electron chi connectivity index (χ1n) is 4.64. The molecule has 0 aliphatic carbocycles. The average molecular weight is 190 g/mol. The van der Waals surface area contributed by atoms with Crippen molar-refractivity contribution in [3.63, 3.8) is 0 Å². The van der Waals surface area contributed by atoms with Gasteiger partial charge in [0.1, 0.15) is 5.75 Å². The quantitative estimate of drug-likeness (QED) is 0.682. The lowest BCUT2D eigenvalue weighted by molar-refractivity contribution is -0.120. The summed E-state index contributed by atoms with van der Waals surface area (Å²) in [5.41, 5.74) is 2.20. The Morgan fingerprint density at radius 3 is 2.79 bits per heavy atom. The third kappa shape index (κ3) is 2.73. The summed E-state index contributed by atoms with van der Waals surface area (Å²) in [5.74, 6) is 0.607. The van der Waals surface area contributed by atoms with Crippen molar-refractivity contribution in [3.8, 4) is 5.75 Å². The van der Waals surface area contributed by atoms with Crippen LogP contribution >= 0.6 is 0 Å². The van der Waals surface area contributed by atoms with Crippen molar-refractivity contribution in [1.29, 1.82) is 0 Å². The van der Waals surface area contributed by atoms with E-state index in [0.717, 1.165) is 12.0 Å². The predicted molar refractivity (Wildman–Crippen MR) is 57.1 cm³/mol. The van der Waals surface area contributed by atoms with Gasteiger partial charge in [-0.2, -0.15) is 0 Å². The topological polar surface area (TPSA) is 26.3 Å². The summed E-state index contributed by atoms with van der Waals surface area (Å²) >= 11 is 0. The Morgan fingerprint density at radius 1 is 1.43 bits per heavy atom. The fraction of sp³-hybridized carbons (Fsp3) is 0.250. The van der Waals surface area contributed by atoms with Crippen LogP contribution in [0.25, 0.3) is 6.08 Å². The molecule has 0 fully saturated rings. The van der Waals surface area contributed by atoms with Crippen molar-refractivity contribution in [1.82, 2.24) is 0 Å². The molecule has 0 aromatic heterocycles. The van der Waals surface area contributed by atoms with Crippen LogP contribution in [-0.2, 0) is 4.79 Å². The van der Waals surface area contributed by atoms with E-state index in [2.05, 4.69) is 13.8 Å². The first kappa shape index (κ1) is 10.5. The van der Waals surface area contributed by atoms with Gasteiger partial charge in [-0.15, -0.1) is 0 Å². The molecule has 2 nitrogen and oxygen atoms in total. The van der Waals surface area contributed by atoms with Gasteiger partial charge in [0, 0.05) is 5.56 Å². The number of carbonyl (C=O) groups excluding carboxylic acids is 1. The molecule has 0 saturated heterocycles. The zero-order valence-corrected chi connectivity index (χ0v) is 8.49. The molecule has 0 radical (unpaired) electrons. The fourth-order valence-corrected chi connectivity index (χ4v) is 1.13. The van der Waals surface area contributed by atoms with Crippen LogP contribution in [-0.4, -0.2) is 6.47 Å². The molecule has 0 amide bonds. The number of hydrogen-bond acceptors (Lipinski definition) is 2. The molecule has 14 heavy (non-hydrogen) atoms. The van der Waals surface area contributed by atoms with E-state index in [1.54, 1.807) is 6.07 Å². The van der Waals surface area contributed by atoms with Gasteiger partial charge in [0.05, 0.1) is 0 Å². The monoisotopic (exact) mass is 190 g/mol. The number of carbonyl (C=O) groups is 1. The van der Waals surface area contributed by atoms with Gasteiger partial charge in [0.25, 0.3) is 6.47 Å². The molecule has 0 unspecified atom stereocenters. The van der Waals surface area contributed by atoms with Gasteiger partial charge in [0.15, 0.2) is 0 Å². The number of ether oxygens (including phenoxy) is 1. The molecule has 0 aliphatic heterocycles. The van der Waals surface area contributed by atoms with Gasteiger partial charge in [-0.25, -0.2) is 0 Å². The maximum absolute atomic E-state index is 10.2. The molecule has 0 N–H and O–H groups in total. The number of para-hydroxylation sites is 1. The second-order valence-electron chi connectivity index (χ2n) is 3.10. The summed E-state index contributed by atoms with van der Waals surface area (Å²) in [6.45, 7) is 4.60. The molecule has 0 heterocycles. The second-order valence-corrected chi connectivity index (χ2v) is 3.10. The van der Waals surface area contributed by atoms with Crippen molar-refractivity contribution in [3.05, 3.63) is 35.4 Å². The molecule has 74 valence electrons. The Kier molecular flexibility index (Phi) is 3.92. The Labute approximate surface area is 84.2 Å². The molecule has 0 spiro atoms. The van der Waals surface area contributed by atoms with Crippen molar-refractivity contribution < 1.29 is 9.53 Å². The van der Waals surface area contributed by atoms with Crippen LogP contribution in [0.1, 0.15) is 25.8 Å². The van der Waals surface area contributed by atoms with Crippen LogP contribution in [0.15, 0.2) is 29.8 Å². The fourth-order valence-electron chi connectivity index (χ4n) is 1.13. The van der Waals surface area contributed by atoms with E-state index in [1.807, 2.05) is 24.3 Å². The van der Waals surface area contributed by atoms with Gasteiger partial charge < -0.3 is 4.74 Å². The van der Waals surface area contributed by atoms with E-state index in [1.165, 1.54) is 5.57 Å². The van der Waals surface area contributed by atoms with Crippen LogP contribution in [0.5, 0.6) is 5.75 Å². The molecular weight excluding hydrogens is 176 g/mol. The molecule has 1 aromatic carbocycles. The standard InChI is InChI=1S/C12H14O2/c1-3-10(2)8-11-6-4-5-7-12(11)14-9-13/h4-9H,3H2,1-2H3/b10-8+. The highest BCUT2D eigenvalue weighted by molar-refractivity contribution is 5.62.